The van der Waals surface area contributed by atoms with Gasteiger partial charge in [-0.3, -0.25) is 4.79 Å². The number of H-pyrrole nitrogens is 1. The molecule has 19 heavy (non-hydrogen) atoms. The molecule has 2 aromatic rings. The lowest BCUT2D eigenvalue weighted by Crippen LogP contribution is -2.40. The van der Waals surface area contributed by atoms with Gasteiger partial charge in [-0.25, -0.2) is 4.79 Å². The first-order chi connectivity index (χ1) is 9.16. The third-order valence-electron chi connectivity index (χ3n) is 3.56. The number of amides is 1. The van der Waals surface area contributed by atoms with Crippen molar-refractivity contribution in [1.29, 1.82) is 0 Å². The van der Waals surface area contributed by atoms with Crippen molar-refractivity contribution < 1.29 is 14.7 Å². The Balaban J connectivity index is 1.93. The Morgan fingerprint density at radius 1 is 1.32 bits per heavy atom. The summed E-state index contributed by atoms with van der Waals surface area (Å²) in [7, 11) is 0. The normalized spacial score (nSPS) is 18.9. The number of hydrogen-bond acceptors (Lipinski definition) is 2. The molecule has 2 heterocycles. The van der Waals surface area contributed by atoms with Gasteiger partial charge in [0.1, 0.15) is 11.7 Å². The van der Waals surface area contributed by atoms with E-state index in [2.05, 4.69) is 4.98 Å². The number of carboxylic acids is 1. The van der Waals surface area contributed by atoms with E-state index >= 15 is 0 Å². The molecule has 2 N–H and O–H groups in total. The molecule has 0 saturated carbocycles. The molecule has 0 unspecified atom stereocenters. The van der Waals surface area contributed by atoms with E-state index in [0.29, 0.717) is 18.7 Å². The van der Waals surface area contributed by atoms with Gasteiger partial charge in [-0.05, 0) is 25.0 Å². The molecule has 1 aromatic heterocycles. The van der Waals surface area contributed by atoms with E-state index in [1.807, 2.05) is 24.3 Å². The van der Waals surface area contributed by atoms with Gasteiger partial charge in [0.15, 0.2) is 0 Å². The highest BCUT2D eigenvalue weighted by atomic mass is 16.4. The van der Waals surface area contributed by atoms with Crippen LogP contribution in [-0.2, 0) is 4.79 Å². The smallest absolute Gasteiger partial charge is 0.326 e. The molecule has 1 saturated heterocycles. The van der Waals surface area contributed by atoms with Crippen LogP contribution in [0.15, 0.2) is 30.3 Å². The SMILES string of the molecule is O=C(O)[C@H]1CCCN1C(=O)c1cc2ccccc2[nH]1. The Morgan fingerprint density at radius 2 is 2.11 bits per heavy atom. The summed E-state index contributed by atoms with van der Waals surface area (Å²) >= 11 is 0. The summed E-state index contributed by atoms with van der Waals surface area (Å²) in [6, 6.07) is 8.68. The van der Waals surface area contributed by atoms with E-state index in [-0.39, 0.29) is 5.91 Å². The quantitative estimate of drug-likeness (QED) is 0.863. The van der Waals surface area contributed by atoms with Gasteiger partial charge in [-0.1, -0.05) is 18.2 Å². The molecule has 3 rings (SSSR count). The molecule has 0 spiro atoms. The number of aromatic nitrogens is 1. The second-order valence-electron chi connectivity index (χ2n) is 4.77. The molecule has 1 aliphatic rings. The van der Waals surface area contributed by atoms with Gasteiger partial charge in [0.25, 0.3) is 5.91 Å². The summed E-state index contributed by atoms with van der Waals surface area (Å²) in [5, 5.41) is 10.1. The minimum Gasteiger partial charge on any atom is -0.480 e. The average molecular weight is 258 g/mol. The first-order valence-corrected chi connectivity index (χ1v) is 6.28. The van der Waals surface area contributed by atoms with Crippen molar-refractivity contribution in [3.05, 3.63) is 36.0 Å². The topological polar surface area (TPSA) is 73.4 Å². The fourth-order valence-electron chi connectivity index (χ4n) is 2.61. The third kappa shape index (κ3) is 1.97. The zero-order valence-corrected chi connectivity index (χ0v) is 10.3. The van der Waals surface area contributed by atoms with Gasteiger partial charge in [-0.15, -0.1) is 0 Å². The van der Waals surface area contributed by atoms with Gasteiger partial charge < -0.3 is 15.0 Å². The summed E-state index contributed by atoms with van der Waals surface area (Å²) in [6.45, 7) is 0.505. The van der Waals surface area contributed by atoms with Crippen LogP contribution in [0, 0.1) is 0 Å². The van der Waals surface area contributed by atoms with Crippen molar-refractivity contribution >= 4 is 22.8 Å². The zero-order valence-electron chi connectivity index (χ0n) is 10.3. The molecule has 0 radical (unpaired) electrons. The molecule has 5 nitrogen and oxygen atoms in total. The highest BCUT2D eigenvalue weighted by molar-refractivity contribution is 5.99. The molecule has 98 valence electrons. The van der Waals surface area contributed by atoms with Crippen LogP contribution in [-0.4, -0.2) is 39.5 Å². The van der Waals surface area contributed by atoms with Crippen molar-refractivity contribution in [3.8, 4) is 0 Å². The number of hydrogen-bond donors (Lipinski definition) is 2. The van der Waals surface area contributed by atoms with Gasteiger partial charge in [0.2, 0.25) is 0 Å². The fraction of sp³-hybridized carbons (Fsp3) is 0.286. The Bertz CT molecular complexity index is 614. The van der Waals surface area contributed by atoms with Crippen LogP contribution in [0.4, 0.5) is 0 Å². The number of rotatable bonds is 2. The number of nitrogens with zero attached hydrogens (tertiary/aromatic N) is 1. The van der Waals surface area contributed by atoms with Crippen LogP contribution in [0.1, 0.15) is 23.3 Å². The minimum atomic E-state index is -0.929. The molecule has 0 bridgehead atoms. The van der Waals surface area contributed by atoms with Crippen LogP contribution in [0.3, 0.4) is 0 Å². The summed E-state index contributed by atoms with van der Waals surface area (Å²) in [5.74, 6) is -1.16. The molecular formula is C14H14N2O3. The maximum atomic E-state index is 12.4. The summed E-state index contributed by atoms with van der Waals surface area (Å²) in [5.41, 5.74) is 1.34. The molecule has 1 aliphatic heterocycles. The minimum absolute atomic E-state index is 0.235. The largest absolute Gasteiger partial charge is 0.480 e. The number of benzene rings is 1. The van der Waals surface area contributed by atoms with Gasteiger partial charge in [0, 0.05) is 17.4 Å². The predicted octanol–water partition coefficient (Wildman–Crippen LogP) is 1.86. The van der Waals surface area contributed by atoms with Crippen molar-refractivity contribution in [1.82, 2.24) is 9.88 Å². The molecule has 1 aromatic carbocycles. The number of para-hydroxylation sites is 1. The first-order valence-electron chi connectivity index (χ1n) is 6.28. The van der Waals surface area contributed by atoms with E-state index < -0.39 is 12.0 Å². The van der Waals surface area contributed by atoms with Crippen LogP contribution in [0.25, 0.3) is 10.9 Å². The number of carbonyl (C=O) groups is 2. The van der Waals surface area contributed by atoms with Crippen molar-refractivity contribution in [2.24, 2.45) is 0 Å². The summed E-state index contributed by atoms with van der Waals surface area (Å²) < 4.78 is 0. The number of carbonyl (C=O) groups excluding carboxylic acids is 1. The second kappa shape index (κ2) is 4.42. The Hall–Kier alpha value is -2.30. The van der Waals surface area contributed by atoms with E-state index in [9.17, 15) is 9.59 Å². The number of fused-ring (bicyclic) bond motifs is 1. The molecule has 1 atom stereocenters. The lowest BCUT2D eigenvalue weighted by molar-refractivity contribution is -0.141. The van der Waals surface area contributed by atoms with Crippen LogP contribution >= 0.6 is 0 Å². The molecule has 5 heteroatoms. The second-order valence-corrected chi connectivity index (χ2v) is 4.77. The lowest BCUT2D eigenvalue weighted by Gasteiger charge is -2.20. The molecule has 0 aliphatic carbocycles. The number of carboxylic acid groups (broad SMARTS) is 1. The van der Waals surface area contributed by atoms with Gasteiger partial charge >= 0.3 is 5.97 Å². The average Bonchev–Trinajstić information content (AvgIpc) is 3.04. The predicted molar refractivity (Wildman–Crippen MR) is 70.0 cm³/mol. The maximum absolute atomic E-state index is 12.4. The van der Waals surface area contributed by atoms with Gasteiger partial charge in [0.05, 0.1) is 0 Å². The van der Waals surface area contributed by atoms with Crippen LogP contribution < -0.4 is 0 Å². The number of likely N-dealkylation sites (tertiary alicyclic amines) is 1. The highest BCUT2D eigenvalue weighted by Crippen LogP contribution is 2.22. The molecule has 1 amide bonds. The van der Waals surface area contributed by atoms with E-state index in [1.54, 1.807) is 6.07 Å². The summed E-state index contributed by atoms with van der Waals surface area (Å²) in [6.07, 6.45) is 1.27. The number of aromatic amines is 1. The third-order valence-corrected chi connectivity index (χ3v) is 3.56. The number of nitrogens with one attached hydrogen (secondary N) is 1. The Labute approximate surface area is 109 Å². The van der Waals surface area contributed by atoms with Gasteiger partial charge in [-0.2, -0.15) is 0 Å². The van der Waals surface area contributed by atoms with Crippen molar-refractivity contribution in [3.63, 3.8) is 0 Å². The van der Waals surface area contributed by atoms with E-state index in [4.69, 9.17) is 5.11 Å². The van der Waals surface area contributed by atoms with Crippen LogP contribution in [0.2, 0.25) is 0 Å². The Kier molecular flexibility index (Phi) is 2.74. The molecule has 1 fully saturated rings. The van der Waals surface area contributed by atoms with Crippen molar-refractivity contribution in [2.75, 3.05) is 6.54 Å². The van der Waals surface area contributed by atoms with E-state index in [1.165, 1.54) is 4.90 Å². The zero-order chi connectivity index (χ0) is 13.4. The first kappa shape index (κ1) is 11.8. The maximum Gasteiger partial charge on any atom is 0.326 e. The fourth-order valence-corrected chi connectivity index (χ4v) is 2.61. The van der Waals surface area contributed by atoms with Crippen molar-refractivity contribution in [2.45, 2.75) is 18.9 Å². The van der Waals surface area contributed by atoms with Crippen LogP contribution in [0.5, 0.6) is 0 Å². The molecular weight excluding hydrogens is 244 g/mol. The monoisotopic (exact) mass is 258 g/mol. The standard InChI is InChI=1S/C14H14N2O3/c17-13(16-7-3-6-12(16)14(18)19)11-8-9-4-1-2-5-10(9)15-11/h1-2,4-5,8,12,15H,3,6-7H2,(H,18,19)/t12-/m1/s1. The number of aliphatic carboxylic acids is 1. The van der Waals surface area contributed by atoms with E-state index in [0.717, 1.165) is 17.3 Å². The lowest BCUT2D eigenvalue weighted by atomic mass is 10.2. The Morgan fingerprint density at radius 3 is 2.84 bits per heavy atom. The highest BCUT2D eigenvalue weighted by Gasteiger charge is 2.34. The summed E-state index contributed by atoms with van der Waals surface area (Å²) in [4.78, 5) is 28.0.